The summed E-state index contributed by atoms with van der Waals surface area (Å²) >= 11 is 0. The van der Waals surface area contributed by atoms with E-state index < -0.39 is 9.84 Å². The van der Waals surface area contributed by atoms with Gasteiger partial charge in [0, 0.05) is 7.05 Å². The van der Waals surface area contributed by atoms with Crippen molar-refractivity contribution in [2.75, 3.05) is 5.75 Å². The van der Waals surface area contributed by atoms with Crippen molar-refractivity contribution in [3.8, 4) is 0 Å². The van der Waals surface area contributed by atoms with Gasteiger partial charge in [-0.05, 0) is 5.92 Å². The first-order chi connectivity index (χ1) is 7.42. The van der Waals surface area contributed by atoms with E-state index in [2.05, 4.69) is 4.98 Å². The van der Waals surface area contributed by atoms with Crippen LogP contribution in [0.5, 0.6) is 0 Å². The summed E-state index contributed by atoms with van der Waals surface area (Å²) in [4.78, 5) is 3.86. The summed E-state index contributed by atoms with van der Waals surface area (Å²) in [6.45, 7) is 3.65. The fourth-order valence-corrected chi connectivity index (χ4v) is 3.31. The molecule has 1 heterocycles. The Hall–Kier alpha value is -0.880. The average Bonchev–Trinajstić information content (AvgIpc) is 2.59. The Labute approximate surface area is 96.0 Å². The fraction of sp³-hybridized carbons (Fsp3) is 0.700. The molecule has 0 aliphatic carbocycles. The maximum Gasteiger partial charge on any atom is 0.227 e. The molecule has 0 aromatic carbocycles. The van der Waals surface area contributed by atoms with E-state index in [0.29, 0.717) is 5.69 Å². The first-order valence-corrected chi connectivity index (χ1v) is 6.91. The molecule has 1 aromatic rings. The molecule has 0 saturated heterocycles. The summed E-state index contributed by atoms with van der Waals surface area (Å²) < 4.78 is 25.4. The smallest absolute Gasteiger partial charge is 0.227 e. The molecule has 0 aliphatic rings. The van der Waals surface area contributed by atoms with Gasteiger partial charge in [-0.15, -0.1) is 0 Å². The maximum absolute atomic E-state index is 12.0. The molecule has 0 fully saturated rings. The van der Waals surface area contributed by atoms with E-state index in [4.69, 9.17) is 5.11 Å². The Balaban J connectivity index is 3.03. The van der Waals surface area contributed by atoms with Gasteiger partial charge in [0.15, 0.2) is 0 Å². The number of sulfone groups is 1. The monoisotopic (exact) mass is 246 g/mol. The van der Waals surface area contributed by atoms with E-state index in [1.807, 2.05) is 13.8 Å². The molecule has 16 heavy (non-hydrogen) atoms. The molecule has 0 amide bonds. The number of imidazole rings is 1. The fourth-order valence-electron chi connectivity index (χ4n) is 1.43. The van der Waals surface area contributed by atoms with Crippen LogP contribution in [0.2, 0.25) is 0 Å². The van der Waals surface area contributed by atoms with Crippen LogP contribution in [0.25, 0.3) is 0 Å². The third-order valence-electron chi connectivity index (χ3n) is 2.68. The lowest BCUT2D eigenvalue weighted by atomic mass is 10.2. The van der Waals surface area contributed by atoms with Gasteiger partial charge in [-0.25, -0.2) is 13.4 Å². The van der Waals surface area contributed by atoms with E-state index in [9.17, 15) is 8.42 Å². The van der Waals surface area contributed by atoms with Crippen LogP contribution in [0, 0.1) is 5.92 Å². The van der Waals surface area contributed by atoms with E-state index >= 15 is 0 Å². The summed E-state index contributed by atoms with van der Waals surface area (Å²) in [6.07, 6.45) is 2.21. The molecule has 5 nitrogen and oxygen atoms in total. The lowest BCUT2D eigenvalue weighted by molar-refractivity contribution is 0.271. The van der Waals surface area contributed by atoms with Crippen molar-refractivity contribution in [1.29, 1.82) is 0 Å². The first kappa shape index (κ1) is 13.2. The summed E-state index contributed by atoms with van der Waals surface area (Å²) in [5, 5.41) is 9.01. The normalized spacial score (nSPS) is 14.0. The minimum absolute atomic E-state index is 0.0388. The number of rotatable bonds is 5. The van der Waals surface area contributed by atoms with Crippen LogP contribution in [0.3, 0.4) is 0 Å². The highest BCUT2D eigenvalue weighted by Crippen LogP contribution is 2.15. The number of nitrogens with zero attached hydrogens (tertiary/aromatic N) is 2. The molecule has 1 atom stereocenters. The second-order valence-electron chi connectivity index (χ2n) is 4.04. The number of aliphatic hydroxyl groups is 1. The van der Waals surface area contributed by atoms with Crippen LogP contribution < -0.4 is 0 Å². The Kier molecular flexibility index (Phi) is 4.09. The van der Waals surface area contributed by atoms with E-state index in [-0.39, 0.29) is 23.4 Å². The number of hydrogen-bond acceptors (Lipinski definition) is 4. The summed E-state index contributed by atoms with van der Waals surface area (Å²) in [7, 11) is -1.75. The molecule has 6 heteroatoms. The number of aliphatic hydroxyl groups excluding tert-OH is 1. The predicted octanol–water partition coefficient (Wildman–Crippen LogP) is 0.732. The van der Waals surface area contributed by atoms with E-state index in [1.165, 1.54) is 10.8 Å². The molecular formula is C10H18N2O3S. The second kappa shape index (κ2) is 4.97. The molecule has 1 N–H and O–H groups in total. The Morgan fingerprint density at radius 2 is 2.19 bits per heavy atom. The highest BCUT2D eigenvalue weighted by molar-refractivity contribution is 7.91. The lowest BCUT2D eigenvalue weighted by Gasteiger charge is -2.09. The van der Waals surface area contributed by atoms with Crippen LogP contribution in [-0.4, -0.2) is 28.8 Å². The molecule has 0 aliphatic heterocycles. The van der Waals surface area contributed by atoms with Gasteiger partial charge in [0.25, 0.3) is 0 Å². The second-order valence-corrected chi connectivity index (χ2v) is 5.97. The van der Waals surface area contributed by atoms with Gasteiger partial charge in [0.05, 0.1) is 24.3 Å². The minimum atomic E-state index is -3.35. The van der Waals surface area contributed by atoms with Gasteiger partial charge in [0.1, 0.15) is 0 Å². The quantitative estimate of drug-likeness (QED) is 0.831. The Morgan fingerprint density at radius 3 is 2.62 bits per heavy atom. The van der Waals surface area contributed by atoms with E-state index in [0.717, 1.165) is 6.42 Å². The van der Waals surface area contributed by atoms with Crippen molar-refractivity contribution in [2.45, 2.75) is 32.0 Å². The SMILES string of the molecule is CC[C@@H](C)CS(=O)(=O)c1ncc(CO)n1C. The molecule has 0 spiro atoms. The summed E-state index contributed by atoms with van der Waals surface area (Å²) in [5.41, 5.74) is 0.503. The van der Waals surface area contributed by atoms with Crippen molar-refractivity contribution >= 4 is 9.84 Å². The summed E-state index contributed by atoms with van der Waals surface area (Å²) in [5.74, 6) is 0.207. The Bertz CT molecular complexity index is 451. The van der Waals surface area contributed by atoms with Crippen LogP contribution in [0.4, 0.5) is 0 Å². The van der Waals surface area contributed by atoms with Crippen molar-refractivity contribution in [3.63, 3.8) is 0 Å². The van der Waals surface area contributed by atoms with Crippen molar-refractivity contribution < 1.29 is 13.5 Å². The molecule has 1 rings (SSSR count). The molecule has 92 valence electrons. The predicted molar refractivity (Wildman–Crippen MR) is 60.6 cm³/mol. The highest BCUT2D eigenvalue weighted by atomic mass is 32.2. The van der Waals surface area contributed by atoms with Gasteiger partial charge in [-0.1, -0.05) is 20.3 Å². The maximum atomic E-state index is 12.0. The summed E-state index contributed by atoms with van der Waals surface area (Å²) in [6, 6.07) is 0. The number of aromatic nitrogens is 2. The third-order valence-corrected chi connectivity index (χ3v) is 4.63. The zero-order chi connectivity index (χ0) is 12.3. The number of hydrogen-bond donors (Lipinski definition) is 1. The zero-order valence-electron chi connectivity index (χ0n) is 9.84. The largest absolute Gasteiger partial charge is 0.390 e. The molecule has 0 unspecified atom stereocenters. The highest BCUT2D eigenvalue weighted by Gasteiger charge is 2.23. The first-order valence-electron chi connectivity index (χ1n) is 5.26. The lowest BCUT2D eigenvalue weighted by Crippen LogP contribution is -2.17. The van der Waals surface area contributed by atoms with Crippen LogP contribution >= 0.6 is 0 Å². The van der Waals surface area contributed by atoms with Crippen molar-refractivity contribution in [2.24, 2.45) is 13.0 Å². The van der Waals surface area contributed by atoms with E-state index in [1.54, 1.807) is 7.05 Å². The topological polar surface area (TPSA) is 72.2 Å². The molecular weight excluding hydrogens is 228 g/mol. The molecule has 0 bridgehead atoms. The van der Waals surface area contributed by atoms with Crippen molar-refractivity contribution in [3.05, 3.63) is 11.9 Å². The average molecular weight is 246 g/mol. The van der Waals surface area contributed by atoms with Crippen molar-refractivity contribution in [1.82, 2.24) is 9.55 Å². The van der Waals surface area contributed by atoms with Gasteiger partial charge in [-0.3, -0.25) is 0 Å². The van der Waals surface area contributed by atoms with Gasteiger partial charge >= 0.3 is 0 Å². The molecule has 0 saturated carbocycles. The van der Waals surface area contributed by atoms with Gasteiger partial charge in [-0.2, -0.15) is 0 Å². The standard InChI is InChI=1S/C10H18N2O3S/c1-4-8(2)7-16(14,15)10-11-5-9(6-13)12(10)3/h5,8,13H,4,6-7H2,1-3H3/t8-/m1/s1. The third kappa shape index (κ3) is 2.62. The van der Waals surface area contributed by atoms with Gasteiger partial charge in [0.2, 0.25) is 15.0 Å². The van der Waals surface area contributed by atoms with Crippen LogP contribution in [0.15, 0.2) is 11.4 Å². The molecule has 0 radical (unpaired) electrons. The Morgan fingerprint density at radius 1 is 1.56 bits per heavy atom. The zero-order valence-corrected chi connectivity index (χ0v) is 10.7. The van der Waals surface area contributed by atoms with Gasteiger partial charge < -0.3 is 9.67 Å². The van der Waals surface area contributed by atoms with Crippen LogP contribution in [-0.2, 0) is 23.5 Å². The molecule has 1 aromatic heterocycles. The van der Waals surface area contributed by atoms with Crippen LogP contribution in [0.1, 0.15) is 26.0 Å². The minimum Gasteiger partial charge on any atom is -0.390 e.